The Labute approximate surface area is 175 Å². The molecule has 3 atom stereocenters. The number of fused-ring (bicyclic) bond motifs is 4. The molecule has 0 saturated carbocycles. The number of nitriles is 1. The summed E-state index contributed by atoms with van der Waals surface area (Å²) in [5.74, 6) is -0.670. The van der Waals surface area contributed by atoms with Gasteiger partial charge in [-0.1, -0.05) is 85.0 Å². The quantitative estimate of drug-likeness (QED) is 0.554. The topological polar surface area (TPSA) is 44.1 Å². The molecular formula is C25H18N2OS. The fraction of sp³-hybridized carbons (Fsp3) is 0.160. The van der Waals surface area contributed by atoms with Gasteiger partial charge in [0.1, 0.15) is 5.41 Å². The molecule has 2 aliphatic rings. The van der Waals surface area contributed by atoms with E-state index in [1.165, 1.54) is 0 Å². The van der Waals surface area contributed by atoms with Crippen LogP contribution in [0.4, 0.5) is 5.69 Å². The molecule has 140 valence electrons. The van der Waals surface area contributed by atoms with E-state index in [4.69, 9.17) is 12.2 Å². The molecule has 5 rings (SSSR count). The molecule has 1 heterocycles. The Morgan fingerprint density at radius 1 is 0.966 bits per heavy atom. The van der Waals surface area contributed by atoms with Crippen molar-refractivity contribution in [1.29, 1.82) is 5.26 Å². The number of anilines is 1. The van der Waals surface area contributed by atoms with Crippen LogP contribution in [0.25, 0.3) is 0 Å². The largest absolute Gasteiger partial charge is 0.328 e. The van der Waals surface area contributed by atoms with Gasteiger partial charge in [-0.15, -0.1) is 0 Å². The molecule has 0 N–H and O–H groups in total. The predicted molar refractivity (Wildman–Crippen MR) is 117 cm³/mol. The van der Waals surface area contributed by atoms with E-state index < -0.39 is 11.3 Å². The Balaban J connectivity index is 1.76. The van der Waals surface area contributed by atoms with Gasteiger partial charge in [0, 0.05) is 11.3 Å². The minimum atomic E-state index is -1.04. The van der Waals surface area contributed by atoms with Crippen LogP contribution in [0.1, 0.15) is 39.9 Å². The fourth-order valence-electron chi connectivity index (χ4n) is 4.89. The molecule has 1 saturated heterocycles. The van der Waals surface area contributed by atoms with Crippen LogP contribution < -0.4 is 4.90 Å². The molecule has 0 unspecified atom stereocenters. The van der Waals surface area contributed by atoms with Gasteiger partial charge < -0.3 is 4.90 Å². The summed E-state index contributed by atoms with van der Waals surface area (Å²) in [6, 6.07) is 29.6. The van der Waals surface area contributed by atoms with E-state index in [9.17, 15) is 10.1 Å². The van der Waals surface area contributed by atoms with Gasteiger partial charge in [-0.05, 0) is 29.7 Å². The first-order valence-electron chi connectivity index (χ1n) is 9.65. The van der Waals surface area contributed by atoms with Crippen molar-refractivity contribution in [2.45, 2.75) is 18.4 Å². The first kappa shape index (κ1) is 17.8. The second-order valence-corrected chi connectivity index (χ2v) is 7.98. The standard InChI is InChI=1S/C25H18N2OS/c26-16-21(17-9-3-1-4-10-17)25-15-22(19-13-7-8-14-20(19)23(25)28)27(24(25)29)18-11-5-2-6-12-18/h1-14,21-22H,15H2/t21-,22+,25+/m0/s1. The van der Waals surface area contributed by atoms with Gasteiger partial charge >= 0.3 is 0 Å². The molecule has 2 bridgehead atoms. The molecule has 0 aromatic heterocycles. The van der Waals surface area contributed by atoms with Crippen LogP contribution in [-0.4, -0.2) is 10.8 Å². The van der Waals surface area contributed by atoms with Crippen molar-refractivity contribution in [1.82, 2.24) is 0 Å². The Kier molecular flexibility index (Phi) is 4.08. The highest BCUT2D eigenvalue weighted by atomic mass is 32.1. The first-order valence-corrected chi connectivity index (χ1v) is 10.1. The van der Waals surface area contributed by atoms with Gasteiger partial charge in [-0.2, -0.15) is 5.26 Å². The average molecular weight is 394 g/mol. The molecule has 4 heteroatoms. The maximum absolute atomic E-state index is 13.9. The van der Waals surface area contributed by atoms with E-state index in [0.29, 0.717) is 17.0 Å². The van der Waals surface area contributed by atoms with Crippen LogP contribution in [0, 0.1) is 16.7 Å². The lowest BCUT2D eigenvalue weighted by Gasteiger charge is -2.34. The molecule has 3 aromatic rings. The molecule has 3 nitrogen and oxygen atoms in total. The van der Waals surface area contributed by atoms with Crippen LogP contribution >= 0.6 is 12.2 Å². The zero-order chi connectivity index (χ0) is 20.0. The molecule has 1 fully saturated rings. The number of hydrogen-bond acceptors (Lipinski definition) is 3. The summed E-state index contributed by atoms with van der Waals surface area (Å²) in [5.41, 5.74) is 2.42. The normalized spacial score (nSPS) is 23.4. The third-order valence-electron chi connectivity index (χ3n) is 6.19. The molecule has 0 spiro atoms. The maximum atomic E-state index is 13.9. The summed E-state index contributed by atoms with van der Waals surface area (Å²) >= 11 is 5.99. The first-order chi connectivity index (χ1) is 14.2. The molecule has 1 aliphatic carbocycles. The van der Waals surface area contributed by atoms with Gasteiger partial charge in [-0.25, -0.2) is 0 Å². The van der Waals surface area contributed by atoms with Crippen LogP contribution in [0.15, 0.2) is 84.9 Å². The number of carbonyl (C=O) groups excluding carboxylic acids is 1. The third-order valence-corrected chi connectivity index (χ3v) is 6.75. The van der Waals surface area contributed by atoms with Crippen molar-refractivity contribution in [3.05, 3.63) is 102 Å². The number of Topliss-reactive ketones (excluding diaryl/α,β-unsaturated/α-hetero) is 1. The highest BCUT2D eigenvalue weighted by Crippen LogP contribution is 2.58. The number of carbonyl (C=O) groups is 1. The number of thiocarbonyl (C=S) groups is 1. The molecule has 3 aromatic carbocycles. The highest BCUT2D eigenvalue weighted by Gasteiger charge is 2.62. The second-order valence-electron chi connectivity index (χ2n) is 7.59. The lowest BCUT2D eigenvalue weighted by atomic mass is 9.63. The minimum Gasteiger partial charge on any atom is -0.328 e. The number of benzene rings is 3. The van der Waals surface area contributed by atoms with E-state index in [-0.39, 0.29) is 11.8 Å². The van der Waals surface area contributed by atoms with E-state index in [1.54, 1.807) is 0 Å². The van der Waals surface area contributed by atoms with Crippen LogP contribution in [-0.2, 0) is 0 Å². The average Bonchev–Trinajstić information content (AvgIpc) is 3.05. The minimum absolute atomic E-state index is 0.0387. The van der Waals surface area contributed by atoms with Crippen molar-refractivity contribution >= 4 is 28.7 Å². The summed E-state index contributed by atoms with van der Waals surface area (Å²) in [6.07, 6.45) is 0.518. The molecule has 0 radical (unpaired) electrons. The maximum Gasteiger partial charge on any atom is 0.177 e. The number of hydrogen-bond donors (Lipinski definition) is 0. The summed E-state index contributed by atoms with van der Waals surface area (Å²) in [4.78, 5) is 16.5. The monoisotopic (exact) mass is 394 g/mol. The molecular weight excluding hydrogens is 376 g/mol. The van der Waals surface area contributed by atoms with Crippen molar-refractivity contribution < 1.29 is 4.79 Å². The van der Waals surface area contributed by atoms with Gasteiger partial charge in [0.2, 0.25) is 0 Å². The van der Waals surface area contributed by atoms with Crippen LogP contribution in [0.3, 0.4) is 0 Å². The summed E-state index contributed by atoms with van der Waals surface area (Å²) in [5, 5.41) is 10.2. The summed E-state index contributed by atoms with van der Waals surface area (Å²) < 4.78 is 0. The SMILES string of the molecule is N#C[C@@H](c1ccccc1)[C@]12C[C@H](c3ccccc3C1=O)N(c1ccccc1)C2=S. The number of ketones is 1. The van der Waals surface area contributed by atoms with Crippen molar-refractivity contribution in [2.24, 2.45) is 5.41 Å². The van der Waals surface area contributed by atoms with Crippen molar-refractivity contribution in [3.8, 4) is 6.07 Å². The Morgan fingerprint density at radius 3 is 2.28 bits per heavy atom. The van der Waals surface area contributed by atoms with Crippen LogP contribution in [0.5, 0.6) is 0 Å². The lowest BCUT2D eigenvalue weighted by Crippen LogP contribution is -2.43. The van der Waals surface area contributed by atoms with Gasteiger partial charge in [0.05, 0.1) is 23.0 Å². The Hall–Kier alpha value is -3.29. The highest BCUT2D eigenvalue weighted by molar-refractivity contribution is 7.80. The smallest absolute Gasteiger partial charge is 0.177 e. The van der Waals surface area contributed by atoms with Crippen molar-refractivity contribution in [2.75, 3.05) is 4.90 Å². The van der Waals surface area contributed by atoms with E-state index in [1.807, 2.05) is 84.9 Å². The molecule has 29 heavy (non-hydrogen) atoms. The van der Waals surface area contributed by atoms with Crippen molar-refractivity contribution in [3.63, 3.8) is 0 Å². The fourth-order valence-corrected chi connectivity index (χ4v) is 5.41. The third kappa shape index (κ3) is 2.41. The Bertz CT molecular complexity index is 1150. The second kappa shape index (κ2) is 6.65. The zero-order valence-corrected chi connectivity index (χ0v) is 16.5. The Morgan fingerprint density at radius 2 is 1.59 bits per heavy atom. The number of nitrogens with zero attached hydrogens (tertiary/aromatic N) is 2. The van der Waals surface area contributed by atoms with Gasteiger partial charge in [0.15, 0.2) is 5.78 Å². The lowest BCUT2D eigenvalue weighted by molar-refractivity contribution is 0.0843. The van der Waals surface area contributed by atoms with Gasteiger partial charge in [-0.3, -0.25) is 4.79 Å². The van der Waals surface area contributed by atoms with E-state index >= 15 is 0 Å². The molecule has 1 aliphatic heterocycles. The number of rotatable bonds is 3. The van der Waals surface area contributed by atoms with E-state index in [2.05, 4.69) is 11.0 Å². The summed E-state index contributed by atoms with van der Waals surface area (Å²) in [6.45, 7) is 0. The zero-order valence-electron chi connectivity index (χ0n) is 15.7. The summed E-state index contributed by atoms with van der Waals surface area (Å²) in [7, 11) is 0. The van der Waals surface area contributed by atoms with Crippen LogP contribution in [0.2, 0.25) is 0 Å². The predicted octanol–water partition coefficient (Wildman–Crippen LogP) is 5.46. The van der Waals surface area contributed by atoms with Gasteiger partial charge in [0.25, 0.3) is 0 Å². The number of para-hydroxylation sites is 1. The van der Waals surface area contributed by atoms with E-state index in [0.717, 1.165) is 16.8 Å². The molecule has 0 amide bonds.